The minimum absolute atomic E-state index is 0.0122. The maximum absolute atomic E-state index is 9.34. The summed E-state index contributed by atoms with van der Waals surface area (Å²) in [5.74, 6) is -0.0122. The Labute approximate surface area is 110 Å². The Hall–Kier alpha value is -1.37. The molecular weight excluding hydrogens is 222 g/mol. The highest BCUT2D eigenvalue weighted by Crippen LogP contribution is 2.18. The number of hydrogen-bond donors (Lipinski definition) is 0. The smallest absolute Gasteiger partial charge is 0.0839 e. The molecule has 1 aromatic rings. The van der Waals surface area contributed by atoms with E-state index in [0.717, 1.165) is 31.7 Å². The summed E-state index contributed by atoms with van der Waals surface area (Å²) in [6, 6.07) is 13.1. The molecule has 1 aliphatic rings. The largest absolute Gasteiger partial charge is 0.301 e. The summed E-state index contributed by atoms with van der Waals surface area (Å²) < 4.78 is 0. The molecule has 1 fully saturated rings. The molecule has 0 radical (unpaired) electrons. The minimum Gasteiger partial charge on any atom is -0.301 e. The summed E-state index contributed by atoms with van der Waals surface area (Å²) in [5.41, 5.74) is 1.13. The van der Waals surface area contributed by atoms with Crippen LogP contribution in [0.1, 0.15) is 18.4 Å². The van der Waals surface area contributed by atoms with Gasteiger partial charge in [0.15, 0.2) is 0 Å². The van der Waals surface area contributed by atoms with Gasteiger partial charge in [0.05, 0.1) is 12.0 Å². The number of piperazine rings is 1. The molecule has 1 heterocycles. The zero-order chi connectivity index (χ0) is 13.0. The van der Waals surface area contributed by atoms with Gasteiger partial charge in [-0.2, -0.15) is 5.26 Å². The van der Waals surface area contributed by atoms with Gasteiger partial charge in [-0.25, -0.2) is 0 Å². The van der Waals surface area contributed by atoms with Gasteiger partial charge in [0.1, 0.15) is 0 Å². The van der Waals surface area contributed by atoms with Gasteiger partial charge in [-0.05, 0) is 19.5 Å². The van der Waals surface area contributed by atoms with E-state index in [4.69, 9.17) is 0 Å². The zero-order valence-electron chi connectivity index (χ0n) is 11.2. The van der Waals surface area contributed by atoms with Gasteiger partial charge in [0.25, 0.3) is 0 Å². The lowest BCUT2D eigenvalue weighted by Crippen LogP contribution is -2.50. The Morgan fingerprint density at radius 2 is 2.06 bits per heavy atom. The normalized spacial score (nSPS) is 23.5. The third-order valence-electron chi connectivity index (χ3n) is 3.84. The van der Waals surface area contributed by atoms with E-state index in [-0.39, 0.29) is 5.92 Å². The molecule has 2 atom stereocenters. The maximum atomic E-state index is 9.34. The van der Waals surface area contributed by atoms with E-state index in [1.807, 2.05) is 30.3 Å². The standard InChI is InChI=1S/C15H21N3/c1-13-11-18(9-8-17(13)2)12-15(10-16)14-6-4-3-5-7-14/h3-7,13,15H,8-9,11-12H2,1-2H3. The predicted molar refractivity (Wildman–Crippen MR) is 73.3 cm³/mol. The zero-order valence-corrected chi connectivity index (χ0v) is 11.2. The number of hydrogen-bond acceptors (Lipinski definition) is 3. The Balaban J connectivity index is 1.98. The van der Waals surface area contributed by atoms with Crippen LogP contribution in [0.4, 0.5) is 0 Å². The highest BCUT2D eigenvalue weighted by atomic mass is 15.3. The second-order valence-electron chi connectivity index (χ2n) is 5.18. The van der Waals surface area contributed by atoms with Crippen molar-refractivity contribution >= 4 is 0 Å². The quantitative estimate of drug-likeness (QED) is 0.812. The van der Waals surface area contributed by atoms with Gasteiger partial charge in [-0.15, -0.1) is 0 Å². The number of nitriles is 1. The Kier molecular flexibility index (Phi) is 4.35. The number of nitrogens with zero attached hydrogens (tertiary/aromatic N) is 3. The van der Waals surface area contributed by atoms with E-state index in [1.165, 1.54) is 0 Å². The molecule has 0 spiro atoms. The molecule has 0 amide bonds. The molecule has 3 nitrogen and oxygen atoms in total. The summed E-state index contributed by atoms with van der Waals surface area (Å²) in [7, 11) is 2.17. The monoisotopic (exact) mass is 243 g/mol. The van der Waals surface area contributed by atoms with Crippen LogP contribution in [-0.2, 0) is 0 Å². The van der Waals surface area contributed by atoms with Crippen LogP contribution in [0.25, 0.3) is 0 Å². The van der Waals surface area contributed by atoms with E-state index >= 15 is 0 Å². The lowest BCUT2D eigenvalue weighted by atomic mass is 9.99. The molecule has 96 valence electrons. The first-order chi connectivity index (χ1) is 8.70. The lowest BCUT2D eigenvalue weighted by Gasteiger charge is -2.38. The minimum atomic E-state index is -0.0122. The first-order valence-electron chi connectivity index (χ1n) is 6.58. The second-order valence-corrected chi connectivity index (χ2v) is 5.18. The van der Waals surface area contributed by atoms with Crippen molar-refractivity contribution in [2.24, 2.45) is 0 Å². The molecule has 1 aromatic carbocycles. The summed E-state index contributed by atoms with van der Waals surface area (Å²) >= 11 is 0. The van der Waals surface area contributed by atoms with Crippen LogP contribution in [0.3, 0.4) is 0 Å². The Morgan fingerprint density at radius 3 is 2.67 bits per heavy atom. The molecule has 0 saturated carbocycles. The summed E-state index contributed by atoms with van der Waals surface area (Å²) in [6.07, 6.45) is 0. The molecule has 2 rings (SSSR count). The average molecular weight is 243 g/mol. The molecule has 18 heavy (non-hydrogen) atoms. The lowest BCUT2D eigenvalue weighted by molar-refractivity contribution is 0.104. The summed E-state index contributed by atoms with van der Waals surface area (Å²) in [5, 5.41) is 9.34. The van der Waals surface area contributed by atoms with Crippen molar-refractivity contribution in [3.8, 4) is 6.07 Å². The summed E-state index contributed by atoms with van der Waals surface area (Å²) in [4.78, 5) is 4.78. The van der Waals surface area contributed by atoms with Gasteiger partial charge in [-0.1, -0.05) is 30.3 Å². The van der Waals surface area contributed by atoms with E-state index in [2.05, 4.69) is 29.8 Å². The van der Waals surface area contributed by atoms with Gasteiger partial charge < -0.3 is 4.90 Å². The molecule has 0 N–H and O–H groups in total. The van der Waals surface area contributed by atoms with Crippen molar-refractivity contribution in [3.05, 3.63) is 35.9 Å². The fourth-order valence-electron chi connectivity index (χ4n) is 2.45. The van der Waals surface area contributed by atoms with Crippen LogP contribution in [0.15, 0.2) is 30.3 Å². The van der Waals surface area contributed by atoms with Crippen LogP contribution < -0.4 is 0 Å². The number of likely N-dealkylation sites (N-methyl/N-ethyl adjacent to an activating group) is 1. The molecule has 1 saturated heterocycles. The van der Waals surface area contributed by atoms with E-state index in [0.29, 0.717) is 6.04 Å². The van der Waals surface area contributed by atoms with Crippen molar-refractivity contribution in [2.75, 3.05) is 33.2 Å². The first-order valence-corrected chi connectivity index (χ1v) is 6.58. The Morgan fingerprint density at radius 1 is 1.33 bits per heavy atom. The van der Waals surface area contributed by atoms with Crippen molar-refractivity contribution < 1.29 is 0 Å². The molecule has 0 bridgehead atoms. The van der Waals surface area contributed by atoms with Crippen LogP contribution >= 0.6 is 0 Å². The molecule has 2 unspecified atom stereocenters. The number of benzene rings is 1. The maximum Gasteiger partial charge on any atom is 0.0839 e. The van der Waals surface area contributed by atoms with Crippen molar-refractivity contribution in [3.63, 3.8) is 0 Å². The molecule has 1 aliphatic heterocycles. The van der Waals surface area contributed by atoms with Crippen LogP contribution in [0.2, 0.25) is 0 Å². The van der Waals surface area contributed by atoms with E-state index in [1.54, 1.807) is 0 Å². The van der Waals surface area contributed by atoms with Crippen LogP contribution in [-0.4, -0.2) is 49.1 Å². The topological polar surface area (TPSA) is 30.3 Å². The van der Waals surface area contributed by atoms with Gasteiger partial charge >= 0.3 is 0 Å². The summed E-state index contributed by atoms with van der Waals surface area (Å²) in [6.45, 7) is 6.30. The van der Waals surface area contributed by atoms with Crippen LogP contribution in [0.5, 0.6) is 0 Å². The fourth-order valence-corrected chi connectivity index (χ4v) is 2.45. The SMILES string of the molecule is CC1CN(CC(C#N)c2ccccc2)CCN1C. The van der Waals surface area contributed by atoms with Crippen molar-refractivity contribution in [1.29, 1.82) is 5.26 Å². The first kappa shape index (κ1) is 13.1. The highest BCUT2D eigenvalue weighted by Gasteiger charge is 2.23. The predicted octanol–water partition coefficient (Wildman–Crippen LogP) is 1.93. The van der Waals surface area contributed by atoms with Crippen molar-refractivity contribution in [2.45, 2.75) is 18.9 Å². The van der Waals surface area contributed by atoms with Crippen LogP contribution in [0, 0.1) is 11.3 Å². The molecular formula is C15H21N3. The fraction of sp³-hybridized carbons (Fsp3) is 0.533. The highest BCUT2D eigenvalue weighted by molar-refractivity contribution is 5.25. The Bertz CT molecular complexity index is 409. The molecule has 0 aromatic heterocycles. The van der Waals surface area contributed by atoms with E-state index < -0.39 is 0 Å². The molecule has 0 aliphatic carbocycles. The van der Waals surface area contributed by atoms with Gasteiger partial charge in [0, 0.05) is 32.2 Å². The van der Waals surface area contributed by atoms with Crippen molar-refractivity contribution in [1.82, 2.24) is 9.80 Å². The number of rotatable bonds is 3. The third-order valence-corrected chi connectivity index (χ3v) is 3.84. The average Bonchev–Trinajstić information content (AvgIpc) is 2.41. The third kappa shape index (κ3) is 3.10. The van der Waals surface area contributed by atoms with Gasteiger partial charge in [-0.3, -0.25) is 4.90 Å². The second kappa shape index (κ2) is 5.99. The van der Waals surface area contributed by atoms with E-state index in [9.17, 15) is 5.26 Å². The molecule has 3 heteroatoms. The van der Waals surface area contributed by atoms with Gasteiger partial charge in [0.2, 0.25) is 0 Å².